The van der Waals surface area contributed by atoms with Gasteiger partial charge in [-0.2, -0.15) is 0 Å². The summed E-state index contributed by atoms with van der Waals surface area (Å²) >= 11 is 0. The van der Waals surface area contributed by atoms with Crippen LogP contribution in [-0.4, -0.2) is 35.3 Å². The smallest absolute Gasteiger partial charge is 0.341 e. The first-order valence-electron chi connectivity index (χ1n) is 8.92. The Kier molecular flexibility index (Phi) is 3.99. The van der Waals surface area contributed by atoms with Crippen LogP contribution < -0.4 is 26.9 Å². The standard InChI is InChI=1S/C18H21FN4O4/c19-11-12(21)10-14-16(13(11)22-6-5-20)27-8-18(3-1-2-4-18)23(14)7-9(15(10)24)17(25)26/h7,22H,1-6,8,20-21H2,(H,25,26). The molecule has 0 atom stereocenters. The fourth-order valence-corrected chi connectivity index (χ4v) is 4.27. The van der Waals surface area contributed by atoms with E-state index in [4.69, 9.17) is 16.2 Å². The van der Waals surface area contributed by atoms with Crippen LogP contribution in [0.1, 0.15) is 36.0 Å². The Morgan fingerprint density at radius 1 is 1.41 bits per heavy atom. The quantitative estimate of drug-likeness (QED) is 0.594. The topological polar surface area (TPSA) is 133 Å². The van der Waals surface area contributed by atoms with Gasteiger partial charge >= 0.3 is 5.97 Å². The number of aromatic nitrogens is 1. The number of ether oxygens (including phenoxy) is 1. The molecule has 4 rings (SSSR count). The largest absolute Gasteiger partial charge is 0.487 e. The van der Waals surface area contributed by atoms with E-state index in [2.05, 4.69) is 5.32 Å². The van der Waals surface area contributed by atoms with Gasteiger partial charge in [0, 0.05) is 19.3 Å². The zero-order valence-corrected chi connectivity index (χ0v) is 14.7. The highest BCUT2D eigenvalue weighted by atomic mass is 19.1. The number of carboxylic acids is 1. The Labute approximate surface area is 153 Å². The van der Waals surface area contributed by atoms with E-state index in [1.807, 2.05) is 0 Å². The van der Waals surface area contributed by atoms with Crippen LogP contribution >= 0.6 is 0 Å². The van der Waals surface area contributed by atoms with Crippen LogP contribution in [0.3, 0.4) is 0 Å². The summed E-state index contributed by atoms with van der Waals surface area (Å²) in [6, 6.07) is 0. The second kappa shape index (κ2) is 6.12. The van der Waals surface area contributed by atoms with E-state index in [0.29, 0.717) is 12.1 Å². The van der Waals surface area contributed by atoms with E-state index in [0.717, 1.165) is 25.7 Å². The number of fused-ring (bicyclic) bond motifs is 1. The lowest BCUT2D eigenvalue weighted by Gasteiger charge is -2.39. The SMILES string of the molecule is NCCNc1c(F)c(N)c2c(=O)c(C(=O)O)cn3c2c1OCC31CCCC1. The van der Waals surface area contributed by atoms with Gasteiger partial charge in [0.1, 0.15) is 17.9 Å². The molecule has 1 aliphatic carbocycles. The zero-order valence-electron chi connectivity index (χ0n) is 14.7. The maximum Gasteiger partial charge on any atom is 0.341 e. The third kappa shape index (κ3) is 2.38. The van der Waals surface area contributed by atoms with Crippen LogP contribution in [0.15, 0.2) is 11.0 Å². The number of aromatic carboxylic acids is 1. The van der Waals surface area contributed by atoms with Crippen molar-refractivity contribution in [1.82, 2.24) is 4.57 Å². The third-order valence-corrected chi connectivity index (χ3v) is 5.58. The van der Waals surface area contributed by atoms with Crippen LogP contribution in [0.4, 0.5) is 15.8 Å². The van der Waals surface area contributed by atoms with Gasteiger partial charge in [0.2, 0.25) is 5.43 Å². The second-order valence-electron chi connectivity index (χ2n) is 7.14. The second-order valence-corrected chi connectivity index (χ2v) is 7.14. The van der Waals surface area contributed by atoms with Gasteiger partial charge in [-0.25, -0.2) is 9.18 Å². The third-order valence-electron chi connectivity index (χ3n) is 5.58. The molecule has 6 N–H and O–H groups in total. The molecule has 1 fully saturated rings. The van der Waals surface area contributed by atoms with Gasteiger partial charge in [0.25, 0.3) is 0 Å². The molecule has 2 aromatic rings. The van der Waals surface area contributed by atoms with E-state index in [9.17, 15) is 19.1 Å². The molecule has 1 aliphatic heterocycles. The number of pyridine rings is 1. The summed E-state index contributed by atoms with van der Waals surface area (Å²) in [5, 5.41) is 12.2. The van der Waals surface area contributed by atoms with Crippen molar-refractivity contribution in [2.24, 2.45) is 5.73 Å². The van der Waals surface area contributed by atoms with Crippen molar-refractivity contribution in [3.63, 3.8) is 0 Å². The first kappa shape index (κ1) is 17.6. The molecule has 1 aromatic heterocycles. The van der Waals surface area contributed by atoms with E-state index in [-0.39, 0.29) is 35.7 Å². The van der Waals surface area contributed by atoms with E-state index in [1.165, 1.54) is 6.20 Å². The number of carboxylic acid groups (broad SMARTS) is 1. The molecule has 0 saturated heterocycles. The summed E-state index contributed by atoms with van der Waals surface area (Å²) in [5.74, 6) is -2.02. The highest BCUT2D eigenvalue weighted by molar-refractivity contribution is 6.03. The predicted molar refractivity (Wildman–Crippen MR) is 99.0 cm³/mol. The summed E-state index contributed by atoms with van der Waals surface area (Å²) in [4.78, 5) is 24.4. The number of benzene rings is 1. The summed E-state index contributed by atoms with van der Waals surface area (Å²) in [5.41, 5.74) is 9.79. The highest BCUT2D eigenvalue weighted by Crippen LogP contribution is 2.48. The molecule has 2 aliphatic rings. The van der Waals surface area contributed by atoms with Crippen molar-refractivity contribution in [3.8, 4) is 5.75 Å². The number of nitrogens with zero attached hydrogens (tertiary/aromatic N) is 1. The van der Waals surface area contributed by atoms with Crippen LogP contribution in [0.2, 0.25) is 0 Å². The minimum atomic E-state index is -1.36. The molecule has 0 bridgehead atoms. The molecule has 0 amide bonds. The molecule has 0 radical (unpaired) electrons. The molecule has 1 aromatic carbocycles. The fraction of sp³-hybridized carbons (Fsp3) is 0.444. The summed E-state index contributed by atoms with van der Waals surface area (Å²) in [6.07, 6.45) is 4.85. The van der Waals surface area contributed by atoms with Crippen molar-refractivity contribution < 1.29 is 19.0 Å². The van der Waals surface area contributed by atoms with Gasteiger partial charge in [-0.05, 0) is 12.8 Å². The van der Waals surface area contributed by atoms with Gasteiger partial charge in [-0.15, -0.1) is 0 Å². The minimum Gasteiger partial charge on any atom is -0.487 e. The summed E-state index contributed by atoms with van der Waals surface area (Å²) in [7, 11) is 0. The van der Waals surface area contributed by atoms with Gasteiger partial charge < -0.3 is 31.2 Å². The number of hydrogen-bond donors (Lipinski definition) is 4. The fourth-order valence-electron chi connectivity index (χ4n) is 4.27. The first-order chi connectivity index (χ1) is 12.9. The molecule has 27 heavy (non-hydrogen) atoms. The van der Waals surface area contributed by atoms with Crippen LogP contribution in [-0.2, 0) is 5.54 Å². The van der Waals surface area contributed by atoms with Crippen molar-refractivity contribution in [1.29, 1.82) is 0 Å². The van der Waals surface area contributed by atoms with E-state index < -0.39 is 28.3 Å². The van der Waals surface area contributed by atoms with Crippen LogP contribution in [0.25, 0.3) is 10.9 Å². The number of carbonyl (C=O) groups is 1. The van der Waals surface area contributed by atoms with Gasteiger partial charge in [0.15, 0.2) is 11.6 Å². The van der Waals surface area contributed by atoms with Crippen LogP contribution in [0, 0.1) is 5.82 Å². The van der Waals surface area contributed by atoms with E-state index >= 15 is 0 Å². The average molecular weight is 376 g/mol. The van der Waals surface area contributed by atoms with Gasteiger partial charge in [-0.1, -0.05) is 12.8 Å². The molecule has 8 nitrogen and oxygen atoms in total. The molecule has 1 saturated carbocycles. The average Bonchev–Trinajstić information content (AvgIpc) is 3.11. The lowest BCUT2D eigenvalue weighted by atomic mass is 9.93. The van der Waals surface area contributed by atoms with Crippen LogP contribution in [0.5, 0.6) is 5.75 Å². The number of halogens is 1. The van der Waals surface area contributed by atoms with E-state index in [1.54, 1.807) is 4.57 Å². The molecule has 9 heteroatoms. The monoisotopic (exact) mass is 376 g/mol. The number of anilines is 2. The number of hydrogen-bond acceptors (Lipinski definition) is 6. The zero-order chi connectivity index (χ0) is 19.3. The number of nitrogens with one attached hydrogen (secondary N) is 1. The highest BCUT2D eigenvalue weighted by Gasteiger charge is 2.43. The number of nitrogens with two attached hydrogens (primary N) is 2. The molecule has 2 heterocycles. The van der Waals surface area contributed by atoms with Crippen molar-refractivity contribution in [2.75, 3.05) is 30.7 Å². The number of nitrogen functional groups attached to an aromatic ring is 1. The summed E-state index contributed by atoms with van der Waals surface area (Å²) < 4.78 is 22.7. The normalized spacial score (nSPS) is 17.3. The first-order valence-corrected chi connectivity index (χ1v) is 8.92. The Balaban J connectivity index is 2.15. The molecular weight excluding hydrogens is 355 g/mol. The minimum absolute atomic E-state index is 0.0505. The molecule has 1 spiro atoms. The van der Waals surface area contributed by atoms with Crippen molar-refractivity contribution >= 4 is 28.2 Å². The lowest BCUT2D eigenvalue weighted by Crippen LogP contribution is -2.42. The van der Waals surface area contributed by atoms with Crippen molar-refractivity contribution in [2.45, 2.75) is 31.2 Å². The Morgan fingerprint density at radius 3 is 2.74 bits per heavy atom. The Hall–Kier alpha value is -2.81. The molecular formula is C18H21FN4O4. The Bertz CT molecular complexity index is 1010. The summed E-state index contributed by atoms with van der Waals surface area (Å²) in [6.45, 7) is 0.837. The molecule has 144 valence electrons. The van der Waals surface area contributed by atoms with Gasteiger partial charge in [-0.3, -0.25) is 4.79 Å². The number of rotatable bonds is 4. The lowest BCUT2D eigenvalue weighted by molar-refractivity contribution is 0.0692. The maximum atomic E-state index is 14.9. The van der Waals surface area contributed by atoms with Gasteiger partial charge in [0.05, 0.1) is 22.1 Å². The maximum absolute atomic E-state index is 14.9. The predicted octanol–water partition coefficient (Wildman–Crippen LogP) is 1.45. The molecule has 0 unspecified atom stereocenters. The Morgan fingerprint density at radius 2 is 2.11 bits per heavy atom. The van der Waals surface area contributed by atoms with Crippen molar-refractivity contribution in [3.05, 3.63) is 27.8 Å².